The molecule has 1 aliphatic rings. The highest BCUT2D eigenvalue weighted by Crippen LogP contribution is 2.11. The minimum atomic E-state index is -0.226. The summed E-state index contributed by atoms with van der Waals surface area (Å²) in [7, 11) is 2.16. The second kappa shape index (κ2) is 6.71. The fraction of sp³-hybridized carbons (Fsp3) is 0.571. The first kappa shape index (κ1) is 13.3. The van der Waals surface area contributed by atoms with E-state index in [1.54, 1.807) is 12.1 Å². The molecule has 0 aliphatic carbocycles. The monoisotopic (exact) mass is 252 g/mol. The number of nitrogens with one attached hydrogen (secondary N) is 1. The van der Waals surface area contributed by atoms with Crippen LogP contribution in [0, 0.1) is 5.82 Å². The van der Waals surface area contributed by atoms with E-state index in [1.807, 2.05) is 0 Å². The summed E-state index contributed by atoms with van der Waals surface area (Å²) in [6.07, 6.45) is 2.22. The second-order valence-electron chi connectivity index (χ2n) is 4.78. The maximum Gasteiger partial charge on any atom is 0.123 e. The molecule has 3 nitrogen and oxygen atoms in total. The molecule has 18 heavy (non-hydrogen) atoms. The summed E-state index contributed by atoms with van der Waals surface area (Å²) >= 11 is 0. The summed E-state index contributed by atoms with van der Waals surface area (Å²) in [5, 5.41) is 3.37. The molecular weight excluding hydrogens is 231 g/mol. The fourth-order valence-electron chi connectivity index (χ4n) is 2.23. The maximum absolute atomic E-state index is 12.7. The summed E-state index contributed by atoms with van der Waals surface area (Å²) in [6, 6.07) is 6.84. The number of halogens is 1. The highest BCUT2D eigenvalue weighted by atomic mass is 19.1. The predicted octanol–water partition coefficient (Wildman–Crippen LogP) is 1.89. The van der Waals surface area contributed by atoms with Gasteiger partial charge in [-0.25, -0.2) is 4.39 Å². The third kappa shape index (κ3) is 3.96. The van der Waals surface area contributed by atoms with Crippen molar-refractivity contribution >= 4 is 0 Å². The van der Waals surface area contributed by atoms with E-state index in [2.05, 4.69) is 17.3 Å². The molecule has 2 rings (SSSR count). The van der Waals surface area contributed by atoms with Gasteiger partial charge in [-0.1, -0.05) is 0 Å². The minimum Gasteiger partial charge on any atom is -0.494 e. The van der Waals surface area contributed by atoms with Gasteiger partial charge < -0.3 is 15.0 Å². The Morgan fingerprint density at radius 2 is 2.17 bits per heavy atom. The number of likely N-dealkylation sites (N-methyl/N-ethyl adjacent to an activating group) is 1. The van der Waals surface area contributed by atoms with Crippen molar-refractivity contribution in [3.63, 3.8) is 0 Å². The van der Waals surface area contributed by atoms with E-state index in [0.29, 0.717) is 12.6 Å². The minimum absolute atomic E-state index is 0.226. The smallest absolute Gasteiger partial charge is 0.123 e. The van der Waals surface area contributed by atoms with E-state index in [0.717, 1.165) is 31.8 Å². The molecule has 1 aromatic rings. The average molecular weight is 252 g/mol. The van der Waals surface area contributed by atoms with Crippen LogP contribution in [0.5, 0.6) is 5.75 Å². The summed E-state index contributed by atoms with van der Waals surface area (Å²) in [4.78, 5) is 2.38. The Balaban J connectivity index is 1.62. The summed E-state index contributed by atoms with van der Waals surface area (Å²) < 4.78 is 18.3. The lowest BCUT2D eigenvalue weighted by Crippen LogP contribution is -2.34. The van der Waals surface area contributed by atoms with Crippen LogP contribution in [-0.2, 0) is 0 Å². The molecule has 1 aromatic carbocycles. The molecule has 4 heteroatoms. The van der Waals surface area contributed by atoms with Crippen molar-refractivity contribution in [1.29, 1.82) is 0 Å². The normalized spacial score (nSPS) is 19.4. The van der Waals surface area contributed by atoms with Gasteiger partial charge in [0.1, 0.15) is 11.6 Å². The number of hydrogen-bond acceptors (Lipinski definition) is 3. The van der Waals surface area contributed by atoms with E-state index in [4.69, 9.17) is 4.74 Å². The second-order valence-corrected chi connectivity index (χ2v) is 4.78. The molecule has 0 amide bonds. The van der Waals surface area contributed by atoms with Crippen LogP contribution < -0.4 is 10.1 Å². The van der Waals surface area contributed by atoms with Crippen molar-refractivity contribution in [2.24, 2.45) is 0 Å². The third-order valence-corrected chi connectivity index (χ3v) is 3.40. The van der Waals surface area contributed by atoms with Crippen LogP contribution in [0.2, 0.25) is 0 Å². The largest absolute Gasteiger partial charge is 0.494 e. The first-order valence-corrected chi connectivity index (χ1v) is 6.55. The van der Waals surface area contributed by atoms with E-state index in [-0.39, 0.29) is 5.82 Å². The Bertz CT molecular complexity index is 349. The molecule has 1 atom stereocenters. The molecule has 0 spiro atoms. The molecule has 1 aliphatic heterocycles. The zero-order valence-corrected chi connectivity index (χ0v) is 10.9. The van der Waals surface area contributed by atoms with Crippen molar-refractivity contribution in [2.45, 2.75) is 18.9 Å². The molecule has 1 heterocycles. The Kier molecular flexibility index (Phi) is 4.96. The van der Waals surface area contributed by atoms with E-state index < -0.39 is 0 Å². The Morgan fingerprint density at radius 1 is 1.39 bits per heavy atom. The quantitative estimate of drug-likeness (QED) is 0.782. The average Bonchev–Trinajstić information content (AvgIpc) is 2.90. The van der Waals surface area contributed by atoms with Gasteiger partial charge in [0.15, 0.2) is 0 Å². The molecule has 1 fully saturated rings. The zero-order chi connectivity index (χ0) is 12.8. The molecule has 1 unspecified atom stereocenters. The van der Waals surface area contributed by atoms with Crippen LogP contribution in [0.4, 0.5) is 4.39 Å². The third-order valence-electron chi connectivity index (χ3n) is 3.40. The Morgan fingerprint density at radius 3 is 2.83 bits per heavy atom. The predicted molar refractivity (Wildman–Crippen MR) is 70.4 cm³/mol. The molecule has 0 aromatic heterocycles. The van der Waals surface area contributed by atoms with Crippen LogP contribution in [0.15, 0.2) is 24.3 Å². The van der Waals surface area contributed by atoms with Crippen LogP contribution in [0.25, 0.3) is 0 Å². The summed E-state index contributed by atoms with van der Waals surface area (Å²) in [5.41, 5.74) is 0. The molecule has 1 N–H and O–H groups in total. The summed E-state index contributed by atoms with van der Waals surface area (Å²) in [6.45, 7) is 3.93. The topological polar surface area (TPSA) is 24.5 Å². The van der Waals surface area contributed by atoms with Crippen LogP contribution in [-0.4, -0.2) is 44.2 Å². The van der Waals surface area contributed by atoms with Gasteiger partial charge >= 0.3 is 0 Å². The van der Waals surface area contributed by atoms with Crippen molar-refractivity contribution in [3.05, 3.63) is 30.1 Å². The van der Waals surface area contributed by atoms with Crippen LogP contribution in [0.3, 0.4) is 0 Å². The van der Waals surface area contributed by atoms with Gasteiger partial charge in [-0.3, -0.25) is 0 Å². The lowest BCUT2D eigenvalue weighted by Gasteiger charge is -2.23. The summed E-state index contributed by atoms with van der Waals surface area (Å²) in [5.74, 6) is 0.511. The van der Waals surface area contributed by atoms with Crippen molar-refractivity contribution in [2.75, 3.05) is 33.3 Å². The van der Waals surface area contributed by atoms with Crippen LogP contribution in [0.1, 0.15) is 12.8 Å². The first-order chi connectivity index (χ1) is 8.75. The van der Waals surface area contributed by atoms with Gasteiger partial charge in [0.2, 0.25) is 0 Å². The van der Waals surface area contributed by atoms with Crippen LogP contribution >= 0.6 is 0 Å². The van der Waals surface area contributed by atoms with Crippen molar-refractivity contribution in [3.8, 4) is 5.75 Å². The first-order valence-electron chi connectivity index (χ1n) is 6.55. The van der Waals surface area contributed by atoms with E-state index in [9.17, 15) is 4.39 Å². The molecular formula is C14H21FN2O. The van der Waals surface area contributed by atoms with Crippen molar-refractivity contribution < 1.29 is 9.13 Å². The van der Waals surface area contributed by atoms with Crippen molar-refractivity contribution in [1.82, 2.24) is 10.2 Å². The molecule has 0 saturated carbocycles. The molecule has 0 bridgehead atoms. The molecule has 0 radical (unpaired) electrons. The molecule has 100 valence electrons. The Labute approximate surface area is 108 Å². The van der Waals surface area contributed by atoms with Gasteiger partial charge in [0, 0.05) is 19.1 Å². The van der Waals surface area contributed by atoms with Gasteiger partial charge in [-0.05, 0) is 50.7 Å². The Hall–Kier alpha value is -1.13. The highest BCUT2D eigenvalue weighted by Gasteiger charge is 2.18. The standard InChI is InChI=1S/C14H21FN2O/c1-17(13-7-8-16-11-13)9-2-10-18-14-5-3-12(15)4-6-14/h3-6,13,16H,2,7-11H2,1H3. The number of hydrogen-bond donors (Lipinski definition) is 1. The number of ether oxygens (including phenoxy) is 1. The number of nitrogens with zero attached hydrogens (tertiary/aromatic N) is 1. The molecule has 1 saturated heterocycles. The fourth-order valence-corrected chi connectivity index (χ4v) is 2.23. The lowest BCUT2D eigenvalue weighted by atomic mass is 10.2. The zero-order valence-electron chi connectivity index (χ0n) is 10.9. The highest BCUT2D eigenvalue weighted by molar-refractivity contribution is 5.21. The number of rotatable bonds is 6. The van der Waals surface area contributed by atoms with E-state index in [1.165, 1.54) is 18.6 Å². The lowest BCUT2D eigenvalue weighted by molar-refractivity contribution is 0.224. The SMILES string of the molecule is CN(CCCOc1ccc(F)cc1)C1CCNC1. The van der Waals surface area contributed by atoms with E-state index >= 15 is 0 Å². The van der Waals surface area contributed by atoms with Gasteiger partial charge in [0.05, 0.1) is 6.61 Å². The van der Waals surface area contributed by atoms with Gasteiger partial charge in [-0.2, -0.15) is 0 Å². The van der Waals surface area contributed by atoms with Gasteiger partial charge in [0.25, 0.3) is 0 Å². The number of benzene rings is 1. The van der Waals surface area contributed by atoms with Gasteiger partial charge in [-0.15, -0.1) is 0 Å². The maximum atomic E-state index is 12.7.